The second-order valence-electron chi connectivity index (χ2n) is 18.7. The minimum Gasteiger partial charge on any atom is -0.456 e. The fourth-order valence-corrected chi connectivity index (χ4v) is 7.93. The van der Waals surface area contributed by atoms with Gasteiger partial charge in [-0.1, -0.05) is 185 Å². The predicted octanol–water partition coefficient (Wildman–Crippen LogP) is 15.0. The second kappa shape index (κ2) is 43.8. The Bertz CT molecular complexity index is 1230. The zero-order chi connectivity index (χ0) is 46.5. The fourth-order valence-electron chi connectivity index (χ4n) is 7.19. The Labute approximate surface area is 388 Å². The Morgan fingerprint density at radius 1 is 0.571 bits per heavy atom. The van der Waals surface area contributed by atoms with Crippen molar-refractivity contribution in [3.8, 4) is 0 Å². The summed E-state index contributed by atoms with van der Waals surface area (Å²) in [6.07, 6.45) is 51.0. The van der Waals surface area contributed by atoms with E-state index in [4.69, 9.17) is 13.8 Å². The number of ether oxygens (including phenoxy) is 1. The molecule has 2 N–H and O–H groups in total. The molecule has 0 aromatic carbocycles. The molecule has 1 amide bonds. The van der Waals surface area contributed by atoms with Gasteiger partial charge in [-0.25, -0.2) is 4.57 Å². The lowest BCUT2D eigenvalue weighted by Crippen LogP contribution is -2.47. The number of quaternary nitrogens is 1. The maximum atomic E-state index is 13.4. The first-order valence-corrected chi connectivity index (χ1v) is 27.5. The number of amides is 1. The van der Waals surface area contributed by atoms with Gasteiger partial charge in [-0.15, -0.1) is 0 Å². The lowest BCUT2D eigenvalue weighted by molar-refractivity contribution is -0.870. The number of phosphoric acid groups is 1. The Hall–Kier alpha value is -2.03. The van der Waals surface area contributed by atoms with Crippen molar-refractivity contribution in [2.24, 2.45) is 0 Å². The number of esters is 1. The van der Waals surface area contributed by atoms with Crippen LogP contribution in [0.4, 0.5) is 0 Å². The minimum atomic E-state index is -4.44. The van der Waals surface area contributed by atoms with E-state index in [9.17, 15) is 19.0 Å². The van der Waals surface area contributed by atoms with Gasteiger partial charge in [0.25, 0.3) is 0 Å². The molecule has 63 heavy (non-hydrogen) atoms. The van der Waals surface area contributed by atoms with Gasteiger partial charge in [-0.3, -0.25) is 18.6 Å². The van der Waals surface area contributed by atoms with Crippen molar-refractivity contribution in [3.63, 3.8) is 0 Å². The molecule has 0 aromatic heterocycles. The Kier molecular flexibility index (Phi) is 42.4. The molecule has 0 bridgehead atoms. The van der Waals surface area contributed by atoms with Crippen LogP contribution in [0.25, 0.3) is 0 Å². The maximum Gasteiger partial charge on any atom is 0.472 e. The number of rotatable bonds is 46. The summed E-state index contributed by atoms with van der Waals surface area (Å²) in [6.45, 7) is 6.84. The van der Waals surface area contributed by atoms with Crippen LogP contribution < -0.4 is 5.32 Å². The van der Waals surface area contributed by atoms with Crippen molar-refractivity contribution < 1.29 is 37.3 Å². The summed E-state index contributed by atoms with van der Waals surface area (Å²) < 4.78 is 30.5. The molecule has 0 heterocycles. The number of unbranched alkanes of at least 4 members (excludes halogenated alkanes) is 24. The molecule has 10 heteroatoms. The highest BCUT2D eigenvalue weighted by molar-refractivity contribution is 7.47. The molecule has 0 saturated carbocycles. The summed E-state index contributed by atoms with van der Waals surface area (Å²) >= 11 is 0. The van der Waals surface area contributed by atoms with Crippen LogP contribution in [-0.2, 0) is 27.9 Å². The summed E-state index contributed by atoms with van der Waals surface area (Å²) in [5, 5.41) is 3.03. The van der Waals surface area contributed by atoms with E-state index in [-0.39, 0.29) is 31.5 Å². The molecule has 0 radical (unpaired) electrons. The Morgan fingerprint density at radius 2 is 1.03 bits per heavy atom. The van der Waals surface area contributed by atoms with Crippen LogP contribution >= 0.6 is 7.82 Å². The first-order valence-electron chi connectivity index (χ1n) is 26.0. The summed E-state index contributed by atoms with van der Waals surface area (Å²) in [7, 11) is 1.48. The molecular formula is C53H100N2O7P+. The predicted molar refractivity (Wildman–Crippen MR) is 268 cm³/mol. The van der Waals surface area contributed by atoms with Crippen molar-refractivity contribution in [1.82, 2.24) is 5.32 Å². The number of allylic oxidation sites excluding steroid dienone is 7. The first-order chi connectivity index (χ1) is 30.4. The van der Waals surface area contributed by atoms with Gasteiger partial charge in [-0.2, -0.15) is 0 Å². The van der Waals surface area contributed by atoms with Gasteiger partial charge < -0.3 is 19.4 Å². The number of nitrogens with one attached hydrogen (secondary N) is 1. The van der Waals surface area contributed by atoms with E-state index in [1.807, 2.05) is 33.3 Å². The van der Waals surface area contributed by atoms with E-state index >= 15 is 0 Å². The lowest BCUT2D eigenvalue weighted by atomic mass is 10.0. The smallest absolute Gasteiger partial charge is 0.456 e. The molecule has 0 fully saturated rings. The van der Waals surface area contributed by atoms with Crippen molar-refractivity contribution in [2.45, 2.75) is 238 Å². The van der Waals surface area contributed by atoms with Gasteiger partial charge in [0.1, 0.15) is 19.3 Å². The molecular weight excluding hydrogens is 808 g/mol. The van der Waals surface area contributed by atoms with Crippen molar-refractivity contribution >= 4 is 19.7 Å². The van der Waals surface area contributed by atoms with Gasteiger partial charge in [0.2, 0.25) is 5.91 Å². The van der Waals surface area contributed by atoms with Crippen LogP contribution in [0.2, 0.25) is 0 Å². The number of nitrogens with zero attached hydrogens (tertiary/aromatic N) is 1. The first kappa shape index (κ1) is 61.0. The van der Waals surface area contributed by atoms with E-state index < -0.39 is 20.0 Å². The number of hydrogen-bond donors (Lipinski definition) is 2. The van der Waals surface area contributed by atoms with Gasteiger partial charge in [-0.05, 0) is 76.7 Å². The average molecular weight is 908 g/mol. The Balaban J connectivity index is 5.45. The highest BCUT2D eigenvalue weighted by atomic mass is 31.2. The molecule has 0 rings (SSSR count). The number of carbonyl (C=O) groups excluding carboxylic acids is 2. The third-order valence-corrected chi connectivity index (χ3v) is 12.2. The molecule has 3 unspecified atom stereocenters. The van der Waals surface area contributed by atoms with Gasteiger partial charge >= 0.3 is 13.8 Å². The van der Waals surface area contributed by atoms with Crippen LogP contribution in [0, 0.1) is 0 Å². The van der Waals surface area contributed by atoms with E-state index in [1.54, 1.807) is 0 Å². The second-order valence-corrected chi connectivity index (χ2v) is 20.1. The minimum absolute atomic E-state index is 0.0368. The number of likely N-dealkylation sites (N-methyl/N-ethyl adjacent to an activating group) is 1. The molecule has 0 spiro atoms. The molecule has 0 aromatic rings. The maximum absolute atomic E-state index is 13.4. The zero-order valence-corrected chi connectivity index (χ0v) is 42.7. The standard InChI is InChI=1S/C53H99N2O7P/c1-7-10-13-16-19-22-25-27-28-31-33-36-39-42-45-52(56)54-50(49-61-63(58,59)60-48-47-55(4,5)6)51(44-41-38-35-32-30-26-23-20-17-14-11-8-2)62-53(57)46-43-40-37-34-29-24-21-18-15-12-9-3/h10,13,18-19,21-22,41,44,50-51H,7-9,11-12,14-17,20,23-40,42-43,45-49H2,1-6H3,(H-,54,56,58,59)/p+1/b13-10+,21-18-,22-19+,44-41+. The van der Waals surface area contributed by atoms with Crippen LogP contribution in [0.5, 0.6) is 0 Å². The van der Waals surface area contributed by atoms with E-state index in [0.29, 0.717) is 17.4 Å². The third kappa shape index (κ3) is 44.9. The number of phosphoric ester groups is 1. The van der Waals surface area contributed by atoms with E-state index in [0.717, 1.165) is 109 Å². The largest absolute Gasteiger partial charge is 0.472 e. The number of hydrogen-bond acceptors (Lipinski definition) is 6. The lowest BCUT2D eigenvalue weighted by Gasteiger charge is -2.27. The fraction of sp³-hybridized carbons (Fsp3) is 0.811. The van der Waals surface area contributed by atoms with Crippen molar-refractivity contribution in [1.29, 1.82) is 0 Å². The van der Waals surface area contributed by atoms with E-state index in [2.05, 4.69) is 62.5 Å². The van der Waals surface area contributed by atoms with Crippen LogP contribution in [0.15, 0.2) is 48.6 Å². The highest BCUT2D eigenvalue weighted by Crippen LogP contribution is 2.43. The summed E-state index contributed by atoms with van der Waals surface area (Å²) in [4.78, 5) is 37.4. The van der Waals surface area contributed by atoms with Crippen LogP contribution in [0.1, 0.15) is 226 Å². The summed E-state index contributed by atoms with van der Waals surface area (Å²) in [5.74, 6) is -0.527. The highest BCUT2D eigenvalue weighted by Gasteiger charge is 2.30. The van der Waals surface area contributed by atoms with Crippen LogP contribution in [-0.4, -0.2) is 74.3 Å². The SMILES string of the molecule is CC/C=C/C/C=C/CCCCCCCCCC(=O)NC(COP(=O)(O)OCC[N+](C)(C)C)C(/C=C/CCCCCCCCCCCC)OC(=O)CCCCCCC/C=C\CCCC. The number of carbonyl (C=O) groups is 2. The normalized spacial score (nSPS) is 14.3. The van der Waals surface area contributed by atoms with Crippen molar-refractivity contribution in [2.75, 3.05) is 40.9 Å². The summed E-state index contributed by atoms with van der Waals surface area (Å²) in [6, 6.07) is -0.852. The average Bonchev–Trinajstić information content (AvgIpc) is 3.23. The topological polar surface area (TPSA) is 111 Å². The molecule has 368 valence electrons. The molecule has 3 atom stereocenters. The molecule has 0 aliphatic carbocycles. The summed E-state index contributed by atoms with van der Waals surface area (Å²) in [5.41, 5.74) is 0. The Morgan fingerprint density at radius 3 is 1.57 bits per heavy atom. The third-order valence-electron chi connectivity index (χ3n) is 11.3. The van der Waals surface area contributed by atoms with Gasteiger partial charge in [0.15, 0.2) is 0 Å². The quantitative estimate of drug-likeness (QED) is 0.0206. The monoisotopic (exact) mass is 908 g/mol. The van der Waals surface area contributed by atoms with Crippen molar-refractivity contribution in [3.05, 3.63) is 48.6 Å². The molecule has 0 aliphatic heterocycles. The van der Waals surface area contributed by atoms with E-state index in [1.165, 1.54) is 83.5 Å². The molecule has 0 aliphatic rings. The van der Waals surface area contributed by atoms with Crippen LogP contribution in [0.3, 0.4) is 0 Å². The van der Waals surface area contributed by atoms with Gasteiger partial charge in [0.05, 0.1) is 33.8 Å². The molecule has 0 saturated heterocycles. The van der Waals surface area contributed by atoms with Gasteiger partial charge in [0, 0.05) is 12.8 Å². The zero-order valence-electron chi connectivity index (χ0n) is 41.8. The molecule has 9 nitrogen and oxygen atoms in total.